The number of amides is 1. The maximum Gasteiger partial charge on any atom is 0.286 e. The molecule has 2 aromatic rings. The predicted molar refractivity (Wildman–Crippen MR) is 110 cm³/mol. The first-order valence-corrected chi connectivity index (χ1v) is 11.0. The summed E-state index contributed by atoms with van der Waals surface area (Å²) in [5.41, 5.74) is 2.15. The standard InChI is InChI=1S/C21H23N3O4S/c1-28-14-15-8-10-16(11-9-15)21(25)24-12-4-5-17(13-24)20-22-18-6-2-3-7-19(18)29(26,27)23-20/h2-3,6-11,17H,4-5,12-14H2,1H3,(H,22,23)/t17-/m1/s1. The van der Waals surface area contributed by atoms with E-state index in [9.17, 15) is 13.2 Å². The molecular formula is C21H23N3O4S. The van der Waals surface area contributed by atoms with Crippen molar-refractivity contribution >= 4 is 27.5 Å². The fourth-order valence-electron chi connectivity index (χ4n) is 3.79. The minimum atomic E-state index is -3.73. The van der Waals surface area contributed by atoms with Crippen molar-refractivity contribution in [2.24, 2.45) is 10.3 Å². The van der Waals surface area contributed by atoms with Crippen molar-refractivity contribution in [1.29, 1.82) is 0 Å². The largest absolute Gasteiger partial charge is 0.380 e. The second-order valence-electron chi connectivity index (χ2n) is 7.29. The number of likely N-dealkylation sites (tertiary alicyclic amines) is 1. The molecule has 2 heterocycles. The number of piperidine rings is 1. The number of amidine groups is 1. The zero-order valence-electron chi connectivity index (χ0n) is 16.2. The normalized spacial score (nSPS) is 20.4. The molecule has 1 N–H and O–H groups in total. The van der Waals surface area contributed by atoms with Gasteiger partial charge in [0.2, 0.25) is 0 Å². The van der Waals surface area contributed by atoms with Crippen LogP contribution >= 0.6 is 0 Å². The quantitative estimate of drug-likeness (QED) is 0.833. The van der Waals surface area contributed by atoms with Gasteiger partial charge in [-0.2, -0.15) is 8.42 Å². The molecule has 0 unspecified atom stereocenters. The second kappa shape index (κ2) is 7.96. The van der Waals surface area contributed by atoms with E-state index in [1.54, 1.807) is 48.4 Å². The van der Waals surface area contributed by atoms with Gasteiger partial charge >= 0.3 is 0 Å². The lowest BCUT2D eigenvalue weighted by atomic mass is 9.95. The fourth-order valence-corrected chi connectivity index (χ4v) is 4.99. The van der Waals surface area contributed by atoms with Crippen LogP contribution in [0, 0.1) is 5.92 Å². The molecule has 0 bridgehead atoms. The summed E-state index contributed by atoms with van der Waals surface area (Å²) in [5.74, 6) is 0.207. The second-order valence-corrected chi connectivity index (χ2v) is 8.87. The van der Waals surface area contributed by atoms with E-state index >= 15 is 0 Å². The average molecular weight is 413 g/mol. The number of nitrogens with one attached hydrogen (secondary N) is 1. The highest BCUT2D eigenvalue weighted by Crippen LogP contribution is 2.30. The summed E-state index contributed by atoms with van der Waals surface area (Å²) in [5, 5.41) is 3.16. The van der Waals surface area contributed by atoms with Crippen LogP contribution in [0.3, 0.4) is 0 Å². The first-order chi connectivity index (χ1) is 14.0. The Balaban J connectivity index is 1.51. The number of nitrogens with zero attached hydrogens (tertiary/aromatic N) is 2. The highest BCUT2D eigenvalue weighted by Gasteiger charge is 2.32. The fraction of sp³-hybridized carbons (Fsp3) is 0.333. The number of fused-ring (bicyclic) bond motifs is 1. The van der Waals surface area contributed by atoms with Crippen LogP contribution in [0.25, 0.3) is 0 Å². The SMILES string of the molecule is COCc1ccc(C(=O)N2CCC[C@@H](C3=NS(=O)(=O)c4ccccc4N3)C2)cc1. The van der Waals surface area contributed by atoms with Crippen molar-refractivity contribution in [2.45, 2.75) is 24.3 Å². The topological polar surface area (TPSA) is 88.1 Å². The van der Waals surface area contributed by atoms with Crippen LogP contribution in [0.1, 0.15) is 28.8 Å². The van der Waals surface area contributed by atoms with E-state index in [-0.39, 0.29) is 16.7 Å². The number of benzene rings is 2. The summed E-state index contributed by atoms with van der Waals surface area (Å²) in [6.07, 6.45) is 1.57. The summed E-state index contributed by atoms with van der Waals surface area (Å²) < 4.78 is 34.2. The summed E-state index contributed by atoms with van der Waals surface area (Å²) in [4.78, 5) is 14.9. The minimum absolute atomic E-state index is 0.0571. The highest BCUT2D eigenvalue weighted by atomic mass is 32.2. The Hall–Kier alpha value is -2.71. The van der Waals surface area contributed by atoms with E-state index < -0.39 is 10.0 Å². The van der Waals surface area contributed by atoms with Gasteiger partial charge in [-0.05, 0) is 42.7 Å². The van der Waals surface area contributed by atoms with Gasteiger partial charge in [0.15, 0.2) is 0 Å². The van der Waals surface area contributed by atoms with Gasteiger partial charge in [0.1, 0.15) is 10.7 Å². The molecule has 2 aliphatic rings. The number of sulfonamides is 1. The van der Waals surface area contributed by atoms with Crippen molar-refractivity contribution in [3.63, 3.8) is 0 Å². The lowest BCUT2D eigenvalue weighted by molar-refractivity contribution is 0.0703. The Morgan fingerprint density at radius 2 is 1.97 bits per heavy atom. The Morgan fingerprint density at radius 1 is 1.21 bits per heavy atom. The third kappa shape index (κ3) is 4.04. The number of rotatable bonds is 4. The minimum Gasteiger partial charge on any atom is -0.380 e. The van der Waals surface area contributed by atoms with Crippen LogP contribution in [0.4, 0.5) is 5.69 Å². The molecule has 2 aromatic carbocycles. The molecule has 0 aromatic heterocycles. The van der Waals surface area contributed by atoms with Gasteiger partial charge in [0.05, 0.1) is 12.3 Å². The lowest BCUT2D eigenvalue weighted by Gasteiger charge is -2.34. The third-order valence-corrected chi connectivity index (χ3v) is 6.60. The summed E-state index contributed by atoms with van der Waals surface area (Å²) in [7, 11) is -2.10. The molecule has 29 heavy (non-hydrogen) atoms. The Morgan fingerprint density at radius 3 is 2.72 bits per heavy atom. The van der Waals surface area contributed by atoms with Crippen LogP contribution in [0.2, 0.25) is 0 Å². The van der Waals surface area contributed by atoms with E-state index in [0.717, 1.165) is 18.4 Å². The molecule has 152 valence electrons. The molecule has 2 aliphatic heterocycles. The van der Waals surface area contributed by atoms with Crippen LogP contribution in [-0.4, -0.2) is 45.3 Å². The number of carbonyl (C=O) groups is 1. The monoisotopic (exact) mass is 413 g/mol. The molecule has 1 amide bonds. The molecule has 0 saturated carbocycles. The summed E-state index contributed by atoms with van der Waals surface area (Å²) >= 11 is 0. The van der Waals surface area contributed by atoms with Crippen molar-refractivity contribution in [3.8, 4) is 0 Å². The summed E-state index contributed by atoms with van der Waals surface area (Å²) in [6, 6.07) is 14.1. The number of anilines is 1. The highest BCUT2D eigenvalue weighted by molar-refractivity contribution is 7.90. The molecule has 1 atom stereocenters. The van der Waals surface area contributed by atoms with E-state index in [0.29, 0.717) is 36.8 Å². The number of hydrogen-bond donors (Lipinski definition) is 1. The first kappa shape index (κ1) is 19.6. The number of para-hydroxylation sites is 1. The van der Waals surface area contributed by atoms with Crippen molar-refractivity contribution < 1.29 is 17.9 Å². The Bertz CT molecular complexity index is 1050. The van der Waals surface area contributed by atoms with Gasteiger partial charge in [0.25, 0.3) is 15.9 Å². The number of ether oxygens (including phenoxy) is 1. The van der Waals surface area contributed by atoms with Gasteiger partial charge < -0.3 is 15.0 Å². The van der Waals surface area contributed by atoms with Gasteiger partial charge in [-0.3, -0.25) is 4.79 Å². The van der Waals surface area contributed by atoms with Crippen molar-refractivity contribution in [3.05, 3.63) is 59.7 Å². The molecule has 7 nitrogen and oxygen atoms in total. The molecule has 0 spiro atoms. The Labute approximate surface area is 170 Å². The Kier molecular flexibility index (Phi) is 5.38. The maximum absolute atomic E-state index is 12.9. The molecular weight excluding hydrogens is 390 g/mol. The molecule has 0 aliphatic carbocycles. The van der Waals surface area contributed by atoms with E-state index in [4.69, 9.17) is 4.74 Å². The van der Waals surface area contributed by atoms with Gasteiger partial charge in [-0.25, -0.2) is 0 Å². The van der Waals surface area contributed by atoms with Crippen molar-refractivity contribution in [1.82, 2.24) is 4.90 Å². The zero-order valence-corrected chi connectivity index (χ0v) is 17.0. The number of hydrogen-bond acceptors (Lipinski definition) is 5. The summed E-state index contributed by atoms with van der Waals surface area (Å²) in [6.45, 7) is 1.58. The molecule has 8 heteroatoms. The van der Waals surface area contributed by atoms with Gasteiger partial charge in [0, 0.05) is 31.7 Å². The van der Waals surface area contributed by atoms with Crippen LogP contribution < -0.4 is 5.32 Å². The first-order valence-electron chi connectivity index (χ1n) is 9.56. The molecule has 1 fully saturated rings. The molecule has 0 radical (unpaired) electrons. The van der Waals surface area contributed by atoms with Gasteiger partial charge in [-0.1, -0.05) is 24.3 Å². The van der Waals surface area contributed by atoms with E-state index in [1.807, 2.05) is 12.1 Å². The average Bonchev–Trinajstić information content (AvgIpc) is 2.74. The smallest absolute Gasteiger partial charge is 0.286 e. The van der Waals surface area contributed by atoms with Crippen LogP contribution in [0.15, 0.2) is 57.8 Å². The molecule has 4 rings (SSSR count). The zero-order chi connectivity index (χ0) is 20.4. The van der Waals surface area contributed by atoms with Crippen LogP contribution in [0.5, 0.6) is 0 Å². The lowest BCUT2D eigenvalue weighted by Crippen LogP contribution is -2.44. The third-order valence-electron chi connectivity index (χ3n) is 5.25. The number of carbonyl (C=O) groups excluding carboxylic acids is 1. The van der Waals surface area contributed by atoms with Gasteiger partial charge in [-0.15, -0.1) is 4.40 Å². The van der Waals surface area contributed by atoms with E-state index in [1.165, 1.54) is 0 Å². The van der Waals surface area contributed by atoms with E-state index in [2.05, 4.69) is 9.71 Å². The maximum atomic E-state index is 12.9. The predicted octanol–water partition coefficient (Wildman–Crippen LogP) is 2.90. The van der Waals surface area contributed by atoms with Crippen LogP contribution in [-0.2, 0) is 21.4 Å². The van der Waals surface area contributed by atoms with Crippen molar-refractivity contribution in [2.75, 3.05) is 25.5 Å². The number of methoxy groups -OCH3 is 1. The molecule has 1 saturated heterocycles.